The molecule has 0 rings (SSSR count). The number of ether oxygens (including phenoxy) is 1. The van der Waals surface area contributed by atoms with E-state index in [1.165, 1.54) is 23.0 Å². The molecule has 0 aliphatic heterocycles. The fraction of sp³-hybridized carbons (Fsp3) is 0.667. The van der Waals surface area contributed by atoms with Crippen LogP contribution in [0.1, 0.15) is 20.8 Å². The molecule has 17 heavy (non-hydrogen) atoms. The molecule has 0 aromatic rings. The smallest absolute Gasteiger partial charge is 0.411 e. The van der Waals surface area contributed by atoms with Crippen LogP contribution in [0, 0.1) is 0 Å². The van der Waals surface area contributed by atoms with Gasteiger partial charge in [-0.25, -0.2) is 9.59 Å². The number of nitrogens with zero attached hydrogens (tertiary/aromatic N) is 1. The second kappa shape index (κ2) is 6.62. The van der Waals surface area contributed by atoms with Gasteiger partial charge in [-0.15, -0.1) is 0 Å². The van der Waals surface area contributed by atoms with Gasteiger partial charge in [-0.3, -0.25) is 9.69 Å². The van der Waals surface area contributed by atoms with E-state index in [2.05, 4.69) is 3.07 Å². The van der Waals surface area contributed by atoms with E-state index < -0.39 is 36.7 Å². The minimum atomic E-state index is -1.24. The van der Waals surface area contributed by atoms with Gasteiger partial charge in [0.2, 0.25) is 0 Å². The van der Waals surface area contributed by atoms with Gasteiger partial charge >= 0.3 is 18.0 Å². The zero-order valence-corrected chi connectivity index (χ0v) is 11.9. The Labute approximate surface area is 113 Å². The SMILES string of the molecule is CC(C)(C)OC(=O)N(CC(=O)O)CC(=O)OI. The molecule has 0 aromatic carbocycles. The molecular weight excluding hydrogens is 345 g/mol. The molecule has 0 aromatic heterocycles. The van der Waals surface area contributed by atoms with Crippen molar-refractivity contribution in [2.75, 3.05) is 13.1 Å². The maximum Gasteiger partial charge on any atom is 0.411 e. The monoisotopic (exact) mass is 359 g/mol. The molecular formula is C9H14INO6. The van der Waals surface area contributed by atoms with Crippen LogP contribution in [0.5, 0.6) is 0 Å². The highest BCUT2D eigenvalue weighted by Crippen LogP contribution is 2.10. The molecule has 0 aliphatic carbocycles. The molecule has 98 valence electrons. The summed E-state index contributed by atoms with van der Waals surface area (Å²) < 4.78 is 9.29. The number of aliphatic carboxylic acids is 1. The van der Waals surface area contributed by atoms with Gasteiger partial charge < -0.3 is 12.9 Å². The normalized spacial score (nSPS) is 10.6. The number of carbonyl (C=O) groups excluding carboxylic acids is 2. The summed E-state index contributed by atoms with van der Waals surface area (Å²) >= 11 is 1.36. The van der Waals surface area contributed by atoms with Gasteiger partial charge in [0.1, 0.15) is 18.7 Å². The predicted molar refractivity (Wildman–Crippen MR) is 65.6 cm³/mol. The summed E-state index contributed by atoms with van der Waals surface area (Å²) in [5.41, 5.74) is -0.762. The van der Waals surface area contributed by atoms with Crippen molar-refractivity contribution in [3.8, 4) is 0 Å². The quantitative estimate of drug-likeness (QED) is 0.759. The Hall–Kier alpha value is -1.06. The average molecular weight is 359 g/mol. The Kier molecular flexibility index (Phi) is 6.21. The predicted octanol–water partition coefficient (Wildman–Crippen LogP) is 1.20. The van der Waals surface area contributed by atoms with Crippen molar-refractivity contribution in [3.63, 3.8) is 0 Å². The van der Waals surface area contributed by atoms with E-state index in [4.69, 9.17) is 9.84 Å². The number of hydrogen-bond acceptors (Lipinski definition) is 5. The molecule has 0 unspecified atom stereocenters. The van der Waals surface area contributed by atoms with Gasteiger partial charge in [-0.2, -0.15) is 0 Å². The van der Waals surface area contributed by atoms with E-state index in [0.29, 0.717) is 0 Å². The van der Waals surface area contributed by atoms with Gasteiger partial charge in [-0.05, 0) is 20.8 Å². The summed E-state index contributed by atoms with van der Waals surface area (Å²) in [6, 6.07) is 0. The van der Waals surface area contributed by atoms with E-state index in [1.807, 2.05) is 0 Å². The van der Waals surface area contributed by atoms with Crippen LogP contribution in [0.25, 0.3) is 0 Å². The first-order valence-electron chi connectivity index (χ1n) is 4.67. The fourth-order valence-electron chi connectivity index (χ4n) is 0.855. The summed E-state index contributed by atoms with van der Waals surface area (Å²) in [7, 11) is 0. The lowest BCUT2D eigenvalue weighted by molar-refractivity contribution is -0.139. The lowest BCUT2D eigenvalue weighted by Crippen LogP contribution is -2.42. The van der Waals surface area contributed by atoms with Crippen LogP contribution in [0.4, 0.5) is 4.79 Å². The number of hydrogen-bond donors (Lipinski definition) is 1. The third-order valence-electron chi connectivity index (χ3n) is 1.38. The van der Waals surface area contributed by atoms with E-state index in [0.717, 1.165) is 4.90 Å². The molecule has 8 heteroatoms. The van der Waals surface area contributed by atoms with Crippen LogP contribution in [0.15, 0.2) is 0 Å². The third kappa shape index (κ3) is 7.77. The molecule has 0 atom stereocenters. The van der Waals surface area contributed by atoms with Gasteiger partial charge in [0, 0.05) is 0 Å². The highest BCUT2D eigenvalue weighted by molar-refractivity contribution is 14.1. The van der Waals surface area contributed by atoms with Gasteiger partial charge in [0.15, 0.2) is 23.0 Å². The number of rotatable bonds is 4. The standard InChI is InChI=1S/C9H14INO6/c1-9(2,3)16-8(15)11(4-6(12)13)5-7(14)17-10/h4-5H2,1-3H3,(H,12,13). The maximum absolute atomic E-state index is 11.6. The highest BCUT2D eigenvalue weighted by Gasteiger charge is 2.26. The zero-order chi connectivity index (χ0) is 13.6. The third-order valence-corrected chi connectivity index (χ3v) is 1.88. The molecule has 0 saturated carbocycles. The summed E-state index contributed by atoms with van der Waals surface area (Å²) in [5, 5.41) is 8.61. The van der Waals surface area contributed by atoms with Crippen molar-refractivity contribution < 1.29 is 27.3 Å². The lowest BCUT2D eigenvalue weighted by atomic mass is 10.2. The first-order chi connectivity index (χ1) is 7.65. The van der Waals surface area contributed by atoms with Crippen LogP contribution in [0.2, 0.25) is 0 Å². The Balaban J connectivity index is 4.61. The van der Waals surface area contributed by atoms with E-state index >= 15 is 0 Å². The second-order valence-electron chi connectivity index (χ2n) is 4.18. The van der Waals surface area contributed by atoms with E-state index in [9.17, 15) is 14.4 Å². The molecule has 0 bridgehead atoms. The van der Waals surface area contributed by atoms with Crippen molar-refractivity contribution >= 4 is 41.0 Å². The topological polar surface area (TPSA) is 93.1 Å². The maximum atomic E-state index is 11.6. The number of carboxylic acid groups (broad SMARTS) is 1. The average Bonchev–Trinajstić information content (AvgIpc) is 2.13. The molecule has 0 saturated heterocycles. The van der Waals surface area contributed by atoms with Gasteiger partial charge in [-0.1, -0.05) is 0 Å². The fourth-order valence-corrected chi connectivity index (χ4v) is 0.994. The molecule has 0 aliphatic rings. The Bertz CT molecular complexity index is 311. The van der Waals surface area contributed by atoms with Crippen molar-refractivity contribution in [1.82, 2.24) is 4.90 Å². The zero-order valence-electron chi connectivity index (χ0n) is 9.73. The minimum absolute atomic E-state index is 0.468. The summed E-state index contributed by atoms with van der Waals surface area (Å²) in [5.74, 6) is -1.96. The van der Waals surface area contributed by atoms with Crippen molar-refractivity contribution in [2.24, 2.45) is 0 Å². The summed E-state index contributed by atoms with van der Waals surface area (Å²) in [6.07, 6.45) is -0.873. The van der Waals surface area contributed by atoms with Crippen LogP contribution < -0.4 is 0 Å². The van der Waals surface area contributed by atoms with Crippen LogP contribution in [0.3, 0.4) is 0 Å². The first-order valence-corrected chi connectivity index (χ1v) is 5.55. The molecule has 0 fully saturated rings. The minimum Gasteiger partial charge on any atom is -0.480 e. The van der Waals surface area contributed by atoms with Crippen LogP contribution in [-0.4, -0.2) is 46.7 Å². The largest absolute Gasteiger partial charge is 0.480 e. The highest BCUT2D eigenvalue weighted by atomic mass is 127. The molecule has 1 amide bonds. The second-order valence-corrected chi connectivity index (χ2v) is 4.62. The number of carboxylic acids is 1. The Morgan fingerprint density at radius 3 is 2.12 bits per heavy atom. The van der Waals surface area contributed by atoms with Crippen molar-refractivity contribution in [1.29, 1.82) is 0 Å². The van der Waals surface area contributed by atoms with Gasteiger partial charge in [0.05, 0.1) is 0 Å². The summed E-state index contributed by atoms with van der Waals surface area (Å²) in [6.45, 7) is 3.83. The number of halogens is 1. The number of amides is 1. The van der Waals surface area contributed by atoms with Crippen molar-refractivity contribution in [3.05, 3.63) is 0 Å². The number of carbonyl (C=O) groups is 3. The van der Waals surface area contributed by atoms with E-state index in [-0.39, 0.29) is 0 Å². The Morgan fingerprint density at radius 2 is 1.76 bits per heavy atom. The van der Waals surface area contributed by atoms with Crippen LogP contribution >= 0.6 is 23.0 Å². The summed E-state index contributed by atoms with van der Waals surface area (Å²) in [4.78, 5) is 33.9. The van der Waals surface area contributed by atoms with Crippen LogP contribution in [-0.2, 0) is 17.4 Å². The van der Waals surface area contributed by atoms with Crippen molar-refractivity contribution in [2.45, 2.75) is 26.4 Å². The van der Waals surface area contributed by atoms with Gasteiger partial charge in [0.25, 0.3) is 0 Å². The lowest BCUT2D eigenvalue weighted by Gasteiger charge is -2.25. The molecule has 0 heterocycles. The molecule has 0 spiro atoms. The Morgan fingerprint density at radius 1 is 1.24 bits per heavy atom. The van der Waals surface area contributed by atoms with E-state index in [1.54, 1.807) is 20.8 Å². The molecule has 1 N–H and O–H groups in total. The molecule has 7 nitrogen and oxygen atoms in total. The first kappa shape index (κ1) is 15.9. The molecule has 0 radical (unpaired) electrons.